The number of para-hydroxylation sites is 1. The lowest BCUT2D eigenvalue weighted by atomic mass is 10.0. The molecule has 31 heavy (non-hydrogen) atoms. The summed E-state index contributed by atoms with van der Waals surface area (Å²) in [5, 5.41) is 14.6. The maximum absolute atomic E-state index is 12.4. The van der Waals surface area contributed by atoms with Crippen LogP contribution >= 0.6 is 0 Å². The van der Waals surface area contributed by atoms with Gasteiger partial charge < -0.3 is 15.2 Å². The summed E-state index contributed by atoms with van der Waals surface area (Å²) in [6.07, 6.45) is 0.669. The predicted molar refractivity (Wildman–Crippen MR) is 120 cm³/mol. The van der Waals surface area contributed by atoms with Gasteiger partial charge in [-0.25, -0.2) is 4.79 Å². The van der Waals surface area contributed by atoms with Crippen LogP contribution in [0.2, 0.25) is 0 Å². The van der Waals surface area contributed by atoms with Gasteiger partial charge >= 0.3 is 5.97 Å². The molecule has 2 N–H and O–H groups in total. The summed E-state index contributed by atoms with van der Waals surface area (Å²) in [5.41, 5.74) is 2.78. The number of phenolic OH excluding ortho intramolecular Hbond substituents is 1. The molecule has 0 saturated carbocycles. The molecule has 0 spiro atoms. The summed E-state index contributed by atoms with van der Waals surface area (Å²) >= 11 is 0. The number of anilines is 1. The molecule has 0 aliphatic carbocycles. The number of carbonyl (C=O) groups is 2. The van der Waals surface area contributed by atoms with E-state index < -0.39 is 18.5 Å². The van der Waals surface area contributed by atoms with Crippen molar-refractivity contribution in [3.05, 3.63) is 108 Å². The molecular formula is C26H21NO4. The molecule has 0 heterocycles. The van der Waals surface area contributed by atoms with E-state index in [1.54, 1.807) is 6.07 Å². The number of fused-ring (bicyclic) bond motifs is 1. The van der Waals surface area contributed by atoms with E-state index in [0.717, 1.165) is 21.9 Å². The molecule has 0 bridgehead atoms. The second-order valence-electron chi connectivity index (χ2n) is 7.16. The SMILES string of the molecule is O=C(COC(=O)c1cc2ccccc2cc1O)Nc1ccccc1Cc1ccccc1. The maximum atomic E-state index is 12.4. The monoisotopic (exact) mass is 411 g/mol. The van der Waals surface area contributed by atoms with Crippen molar-refractivity contribution in [2.75, 3.05) is 11.9 Å². The first-order valence-electron chi connectivity index (χ1n) is 9.91. The van der Waals surface area contributed by atoms with E-state index >= 15 is 0 Å². The molecule has 5 heteroatoms. The minimum atomic E-state index is -0.754. The molecule has 0 aliphatic rings. The Morgan fingerprint density at radius 3 is 2.23 bits per heavy atom. The molecule has 0 saturated heterocycles. The first kappa shape index (κ1) is 20.2. The number of aromatic hydroxyl groups is 1. The maximum Gasteiger partial charge on any atom is 0.342 e. The average molecular weight is 411 g/mol. The van der Waals surface area contributed by atoms with Gasteiger partial charge in [0.25, 0.3) is 5.91 Å². The highest BCUT2D eigenvalue weighted by Crippen LogP contribution is 2.25. The van der Waals surface area contributed by atoms with Crippen LogP contribution in [0.15, 0.2) is 91.0 Å². The van der Waals surface area contributed by atoms with Gasteiger partial charge in [0.15, 0.2) is 6.61 Å². The lowest BCUT2D eigenvalue weighted by Crippen LogP contribution is -2.21. The molecule has 0 aromatic heterocycles. The van der Waals surface area contributed by atoms with Gasteiger partial charge in [-0.05, 0) is 46.5 Å². The minimum absolute atomic E-state index is 0.0241. The third-order valence-corrected chi connectivity index (χ3v) is 4.95. The van der Waals surface area contributed by atoms with E-state index in [4.69, 9.17) is 4.74 Å². The van der Waals surface area contributed by atoms with Gasteiger partial charge in [-0.15, -0.1) is 0 Å². The second kappa shape index (κ2) is 9.13. The fourth-order valence-electron chi connectivity index (χ4n) is 3.40. The standard InChI is InChI=1S/C26H21NO4/c28-24-16-20-11-5-4-10-19(20)15-22(24)26(30)31-17-25(29)27-23-13-7-6-12-21(23)14-18-8-2-1-3-9-18/h1-13,15-16,28H,14,17H2,(H,27,29). The van der Waals surface area contributed by atoms with Crippen LogP contribution in [0.25, 0.3) is 10.8 Å². The highest BCUT2D eigenvalue weighted by atomic mass is 16.5. The highest BCUT2D eigenvalue weighted by molar-refractivity contribution is 6.00. The Labute approximate surface area is 179 Å². The molecule has 4 aromatic carbocycles. The molecule has 0 atom stereocenters. The molecule has 0 aliphatic heterocycles. The summed E-state index contributed by atoms with van der Waals surface area (Å²) in [5.74, 6) is -1.39. The van der Waals surface area contributed by atoms with Crippen molar-refractivity contribution in [2.24, 2.45) is 0 Å². The van der Waals surface area contributed by atoms with Crippen LogP contribution in [-0.2, 0) is 16.0 Å². The molecule has 4 rings (SSSR count). The Morgan fingerprint density at radius 1 is 0.806 bits per heavy atom. The van der Waals surface area contributed by atoms with Gasteiger partial charge in [-0.1, -0.05) is 72.8 Å². The fraction of sp³-hybridized carbons (Fsp3) is 0.0769. The Bertz CT molecular complexity index is 1230. The van der Waals surface area contributed by atoms with Crippen molar-refractivity contribution in [2.45, 2.75) is 6.42 Å². The smallest absolute Gasteiger partial charge is 0.342 e. The zero-order valence-corrected chi connectivity index (χ0v) is 16.7. The Balaban J connectivity index is 1.41. The summed E-state index contributed by atoms with van der Waals surface area (Å²) in [7, 11) is 0. The number of rotatable bonds is 6. The summed E-state index contributed by atoms with van der Waals surface area (Å²) in [6, 6.07) is 27.9. The van der Waals surface area contributed by atoms with Crippen LogP contribution in [0.1, 0.15) is 21.5 Å². The number of esters is 1. The van der Waals surface area contributed by atoms with Crippen molar-refractivity contribution >= 4 is 28.3 Å². The van der Waals surface area contributed by atoms with Crippen molar-refractivity contribution in [1.29, 1.82) is 0 Å². The molecule has 5 nitrogen and oxygen atoms in total. The number of ether oxygens (including phenoxy) is 1. The van der Waals surface area contributed by atoms with Crippen LogP contribution in [0.4, 0.5) is 5.69 Å². The van der Waals surface area contributed by atoms with Crippen LogP contribution in [0.3, 0.4) is 0 Å². The van der Waals surface area contributed by atoms with Crippen LogP contribution in [-0.4, -0.2) is 23.6 Å². The molecule has 154 valence electrons. The summed E-state index contributed by atoms with van der Waals surface area (Å²) in [6.45, 7) is -0.454. The summed E-state index contributed by atoms with van der Waals surface area (Å²) in [4.78, 5) is 24.8. The topological polar surface area (TPSA) is 75.6 Å². The van der Waals surface area contributed by atoms with Crippen LogP contribution in [0, 0.1) is 0 Å². The number of amides is 1. The molecule has 0 unspecified atom stereocenters. The molecule has 1 amide bonds. The fourth-order valence-corrected chi connectivity index (χ4v) is 3.40. The van der Waals surface area contributed by atoms with E-state index in [1.807, 2.05) is 78.9 Å². The first-order valence-corrected chi connectivity index (χ1v) is 9.91. The zero-order chi connectivity index (χ0) is 21.6. The number of hydrogen-bond donors (Lipinski definition) is 2. The Kier molecular flexibility index (Phi) is 5.94. The Hall–Kier alpha value is -4.12. The molecule has 0 radical (unpaired) electrons. The molecule has 0 fully saturated rings. The van der Waals surface area contributed by atoms with E-state index in [-0.39, 0.29) is 11.3 Å². The minimum Gasteiger partial charge on any atom is -0.507 e. The van der Waals surface area contributed by atoms with Gasteiger partial charge in [0.05, 0.1) is 0 Å². The van der Waals surface area contributed by atoms with Gasteiger partial charge in [0.2, 0.25) is 0 Å². The van der Waals surface area contributed by atoms with Gasteiger partial charge in [0, 0.05) is 5.69 Å². The zero-order valence-electron chi connectivity index (χ0n) is 16.7. The third-order valence-electron chi connectivity index (χ3n) is 4.95. The normalized spacial score (nSPS) is 10.6. The highest BCUT2D eigenvalue weighted by Gasteiger charge is 2.16. The quantitative estimate of drug-likeness (QED) is 0.441. The van der Waals surface area contributed by atoms with Gasteiger partial charge in [0.1, 0.15) is 11.3 Å². The van der Waals surface area contributed by atoms with Crippen LogP contribution < -0.4 is 5.32 Å². The van der Waals surface area contributed by atoms with E-state index in [1.165, 1.54) is 6.07 Å². The van der Waals surface area contributed by atoms with Gasteiger partial charge in [-0.2, -0.15) is 0 Å². The van der Waals surface area contributed by atoms with Crippen molar-refractivity contribution in [1.82, 2.24) is 0 Å². The number of phenols is 1. The predicted octanol–water partition coefficient (Wildman–Crippen LogP) is 4.93. The number of benzene rings is 4. The van der Waals surface area contributed by atoms with E-state index in [2.05, 4.69) is 5.32 Å². The lowest BCUT2D eigenvalue weighted by Gasteiger charge is -2.12. The average Bonchev–Trinajstić information content (AvgIpc) is 2.79. The van der Waals surface area contributed by atoms with E-state index in [9.17, 15) is 14.7 Å². The third kappa shape index (κ3) is 4.90. The van der Waals surface area contributed by atoms with Crippen molar-refractivity contribution in [3.63, 3.8) is 0 Å². The van der Waals surface area contributed by atoms with E-state index in [0.29, 0.717) is 12.1 Å². The lowest BCUT2D eigenvalue weighted by molar-refractivity contribution is -0.119. The number of hydrogen-bond acceptors (Lipinski definition) is 4. The van der Waals surface area contributed by atoms with Crippen molar-refractivity contribution < 1.29 is 19.4 Å². The van der Waals surface area contributed by atoms with Crippen molar-refractivity contribution in [3.8, 4) is 5.75 Å². The number of carbonyl (C=O) groups excluding carboxylic acids is 2. The summed E-state index contributed by atoms with van der Waals surface area (Å²) < 4.78 is 5.14. The van der Waals surface area contributed by atoms with Gasteiger partial charge in [-0.3, -0.25) is 4.79 Å². The van der Waals surface area contributed by atoms with Crippen LogP contribution in [0.5, 0.6) is 5.75 Å². The second-order valence-corrected chi connectivity index (χ2v) is 7.16. The number of nitrogens with one attached hydrogen (secondary N) is 1. The first-order chi connectivity index (χ1) is 15.1. The molecular weight excluding hydrogens is 390 g/mol. The Morgan fingerprint density at radius 2 is 1.45 bits per heavy atom. The molecule has 4 aromatic rings. The largest absolute Gasteiger partial charge is 0.507 e.